The summed E-state index contributed by atoms with van der Waals surface area (Å²) in [4.78, 5) is 18.6. The zero-order chi connectivity index (χ0) is 29.8. The molecule has 222 valence electrons. The number of nitrogens with zero attached hydrogens (tertiary/aromatic N) is 3. The Kier molecular flexibility index (Phi) is 9.26. The lowest BCUT2D eigenvalue weighted by atomic mass is 9.94. The van der Waals surface area contributed by atoms with Gasteiger partial charge in [0.2, 0.25) is 11.1 Å². The normalized spacial score (nSPS) is 16.9. The third-order valence-electron chi connectivity index (χ3n) is 7.69. The number of allylic oxidation sites excluding steroid dienone is 1. The van der Waals surface area contributed by atoms with E-state index in [0.29, 0.717) is 50.5 Å². The molecular weight excluding hydrogens is 603 g/mol. The van der Waals surface area contributed by atoms with E-state index in [1.807, 2.05) is 79.7 Å². The Hall–Kier alpha value is -3.46. The first-order valence-corrected chi connectivity index (χ1v) is 16.2. The molecule has 3 aromatic carbocycles. The van der Waals surface area contributed by atoms with Crippen LogP contribution in [-0.2, 0) is 21.9 Å². The number of benzene rings is 3. The van der Waals surface area contributed by atoms with Crippen molar-refractivity contribution >= 4 is 46.9 Å². The van der Waals surface area contributed by atoms with Crippen LogP contribution in [0.2, 0.25) is 10.0 Å². The van der Waals surface area contributed by atoms with Crippen LogP contribution in [0.1, 0.15) is 61.8 Å². The van der Waals surface area contributed by atoms with E-state index in [1.54, 1.807) is 4.68 Å². The summed E-state index contributed by atoms with van der Waals surface area (Å²) in [6, 6.07) is 22.5. The number of hydrogen-bond acceptors (Lipinski definition) is 7. The van der Waals surface area contributed by atoms with Gasteiger partial charge in [0.15, 0.2) is 0 Å². The molecule has 0 radical (unpaired) electrons. The average molecular weight is 636 g/mol. The number of hydrogen-bond donors (Lipinski definition) is 1. The Labute approximate surface area is 265 Å². The fourth-order valence-electron chi connectivity index (χ4n) is 5.44. The van der Waals surface area contributed by atoms with Crippen molar-refractivity contribution in [1.82, 2.24) is 14.8 Å². The number of carbonyl (C=O) groups excluding carboxylic acids is 1. The fourth-order valence-corrected chi connectivity index (χ4v) is 6.68. The second kappa shape index (κ2) is 13.5. The Morgan fingerprint density at radius 2 is 1.81 bits per heavy atom. The first-order chi connectivity index (χ1) is 20.9. The second-order valence-electron chi connectivity index (χ2n) is 10.8. The molecular formula is C33H32Cl2N4O3S. The summed E-state index contributed by atoms with van der Waals surface area (Å²) < 4.78 is 14.0. The topological polar surface area (TPSA) is 78.3 Å². The summed E-state index contributed by atoms with van der Waals surface area (Å²) in [5.74, 6) is 1.52. The van der Waals surface area contributed by atoms with Crippen LogP contribution in [0.4, 0.5) is 5.95 Å². The van der Waals surface area contributed by atoms with Crippen molar-refractivity contribution in [3.63, 3.8) is 0 Å². The number of rotatable bonds is 9. The van der Waals surface area contributed by atoms with E-state index in [-0.39, 0.29) is 12.1 Å². The number of carbonyl (C=O) groups is 1. The van der Waals surface area contributed by atoms with E-state index in [9.17, 15) is 4.79 Å². The van der Waals surface area contributed by atoms with Crippen molar-refractivity contribution in [2.75, 3.05) is 5.32 Å². The van der Waals surface area contributed by atoms with Gasteiger partial charge in [0.05, 0.1) is 5.57 Å². The Morgan fingerprint density at radius 3 is 2.60 bits per heavy atom. The molecule has 6 rings (SSSR count). The summed E-state index contributed by atoms with van der Waals surface area (Å²) in [6.07, 6.45) is 5.03. The Balaban J connectivity index is 1.30. The van der Waals surface area contributed by atoms with Crippen LogP contribution in [-0.4, -0.2) is 26.8 Å². The lowest BCUT2D eigenvalue weighted by Gasteiger charge is -2.30. The van der Waals surface area contributed by atoms with Gasteiger partial charge in [0.1, 0.15) is 24.5 Å². The van der Waals surface area contributed by atoms with E-state index in [0.717, 1.165) is 42.4 Å². The van der Waals surface area contributed by atoms with Crippen LogP contribution in [0.3, 0.4) is 0 Å². The molecule has 7 nitrogen and oxygen atoms in total. The maximum Gasteiger partial charge on any atom is 0.338 e. The van der Waals surface area contributed by atoms with E-state index < -0.39 is 6.04 Å². The number of halogens is 2. The molecule has 1 atom stereocenters. The number of ether oxygens (including phenoxy) is 2. The molecule has 1 aliphatic carbocycles. The third-order valence-corrected chi connectivity index (χ3v) is 9.19. The molecule has 1 unspecified atom stereocenters. The molecule has 2 heterocycles. The SMILES string of the molecule is CC1=C(C(=O)OC2CCCCC2)C(c2cccc(OCc3ccc(Cl)cc3)c2)n2nc(SCc3ccccc3Cl)nc2N1. The van der Waals surface area contributed by atoms with Gasteiger partial charge in [-0.15, -0.1) is 5.10 Å². The molecule has 1 fully saturated rings. The van der Waals surface area contributed by atoms with E-state index in [1.165, 1.54) is 18.2 Å². The van der Waals surface area contributed by atoms with Crippen molar-refractivity contribution in [2.45, 2.75) is 68.7 Å². The quantitative estimate of drug-likeness (QED) is 0.146. The summed E-state index contributed by atoms with van der Waals surface area (Å²) in [5, 5.41) is 10.1. The van der Waals surface area contributed by atoms with Crippen LogP contribution in [0.15, 0.2) is 89.2 Å². The molecule has 0 spiro atoms. The minimum absolute atomic E-state index is 0.0740. The monoisotopic (exact) mass is 634 g/mol. The average Bonchev–Trinajstić information content (AvgIpc) is 3.42. The van der Waals surface area contributed by atoms with Crippen molar-refractivity contribution in [1.29, 1.82) is 0 Å². The van der Waals surface area contributed by atoms with E-state index in [2.05, 4.69) is 5.32 Å². The largest absolute Gasteiger partial charge is 0.489 e. The number of esters is 1. The van der Waals surface area contributed by atoms with Gasteiger partial charge in [0.25, 0.3) is 0 Å². The highest BCUT2D eigenvalue weighted by molar-refractivity contribution is 7.98. The number of thioether (sulfide) groups is 1. The Morgan fingerprint density at radius 1 is 1.02 bits per heavy atom. The molecule has 1 saturated carbocycles. The van der Waals surface area contributed by atoms with Crippen molar-refractivity contribution in [2.24, 2.45) is 0 Å². The molecule has 0 amide bonds. The van der Waals surface area contributed by atoms with Gasteiger partial charge in [-0.25, -0.2) is 9.48 Å². The highest BCUT2D eigenvalue weighted by Crippen LogP contribution is 2.39. The fraction of sp³-hybridized carbons (Fsp3) is 0.303. The van der Waals surface area contributed by atoms with Gasteiger partial charge in [0, 0.05) is 21.5 Å². The Bertz CT molecular complexity index is 1630. The van der Waals surface area contributed by atoms with Gasteiger partial charge in [-0.2, -0.15) is 4.98 Å². The minimum Gasteiger partial charge on any atom is -0.489 e. The van der Waals surface area contributed by atoms with Crippen molar-refractivity contribution < 1.29 is 14.3 Å². The van der Waals surface area contributed by atoms with Crippen LogP contribution in [0.25, 0.3) is 0 Å². The van der Waals surface area contributed by atoms with Gasteiger partial charge in [-0.05, 0) is 79.6 Å². The van der Waals surface area contributed by atoms with Gasteiger partial charge < -0.3 is 14.8 Å². The van der Waals surface area contributed by atoms with Crippen LogP contribution < -0.4 is 10.1 Å². The summed E-state index contributed by atoms with van der Waals surface area (Å²) in [5.41, 5.74) is 4.06. The zero-order valence-corrected chi connectivity index (χ0v) is 26.1. The lowest BCUT2D eigenvalue weighted by molar-refractivity contribution is -0.146. The first-order valence-electron chi connectivity index (χ1n) is 14.4. The predicted molar refractivity (Wildman–Crippen MR) is 171 cm³/mol. The van der Waals surface area contributed by atoms with Gasteiger partial charge in [-0.1, -0.05) is 83.8 Å². The molecule has 0 bridgehead atoms. The van der Waals surface area contributed by atoms with Crippen LogP contribution in [0.5, 0.6) is 5.75 Å². The molecule has 43 heavy (non-hydrogen) atoms. The molecule has 10 heteroatoms. The maximum atomic E-state index is 13.8. The second-order valence-corrected chi connectivity index (χ2v) is 12.5. The van der Waals surface area contributed by atoms with Crippen molar-refractivity contribution in [3.05, 3.63) is 111 Å². The third kappa shape index (κ3) is 7.03. The highest BCUT2D eigenvalue weighted by Gasteiger charge is 2.36. The zero-order valence-electron chi connectivity index (χ0n) is 23.8. The highest BCUT2D eigenvalue weighted by atomic mass is 35.5. The molecule has 1 aliphatic heterocycles. The summed E-state index contributed by atoms with van der Waals surface area (Å²) in [6.45, 7) is 2.27. The van der Waals surface area contributed by atoms with Crippen LogP contribution >= 0.6 is 35.0 Å². The molecule has 1 N–H and O–H groups in total. The summed E-state index contributed by atoms with van der Waals surface area (Å²) >= 11 is 13.9. The number of anilines is 1. The molecule has 0 saturated heterocycles. The number of nitrogens with one attached hydrogen (secondary N) is 1. The van der Waals surface area contributed by atoms with E-state index >= 15 is 0 Å². The minimum atomic E-state index is -0.548. The first kappa shape index (κ1) is 29.6. The number of aromatic nitrogens is 3. The lowest BCUT2D eigenvalue weighted by Crippen LogP contribution is -2.32. The number of fused-ring (bicyclic) bond motifs is 1. The predicted octanol–water partition coefficient (Wildman–Crippen LogP) is 8.62. The smallest absolute Gasteiger partial charge is 0.338 e. The standard InChI is InChI=1S/C33H32Cl2N4O3S/c1-21-29(31(40)42-26-10-3-2-4-11-26)30(23-9-7-12-27(18-23)41-19-22-14-16-25(34)17-15-22)39-32(36-21)37-33(38-39)43-20-24-8-5-6-13-28(24)35/h5-9,12-18,26,30H,2-4,10-11,19-20H2,1H3,(H,36,37,38). The van der Waals surface area contributed by atoms with Gasteiger partial charge >= 0.3 is 5.97 Å². The van der Waals surface area contributed by atoms with E-state index in [4.69, 9.17) is 42.8 Å². The van der Waals surface area contributed by atoms with Gasteiger partial charge in [-0.3, -0.25) is 0 Å². The van der Waals surface area contributed by atoms with Crippen molar-refractivity contribution in [3.8, 4) is 5.75 Å². The summed E-state index contributed by atoms with van der Waals surface area (Å²) in [7, 11) is 0. The molecule has 4 aromatic rings. The maximum absolute atomic E-state index is 13.8. The molecule has 1 aromatic heterocycles. The molecule has 2 aliphatic rings. The van der Waals surface area contributed by atoms with Crippen LogP contribution in [0, 0.1) is 0 Å².